The smallest absolute Gasteiger partial charge is 0.272 e. The maximum absolute atomic E-state index is 14.4. The van der Waals surface area contributed by atoms with Gasteiger partial charge in [-0.1, -0.05) is 0 Å². The van der Waals surface area contributed by atoms with E-state index >= 15 is 0 Å². The molecule has 0 unspecified atom stereocenters. The summed E-state index contributed by atoms with van der Waals surface area (Å²) in [5.41, 5.74) is -0.759. The summed E-state index contributed by atoms with van der Waals surface area (Å²) in [6.07, 6.45) is -0.756. The molecule has 0 saturated carbocycles. The van der Waals surface area contributed by atoms with Crippen LogP contribution >= 0.6 is 0 Å². The number of nitrogens with zero attached hydrogens (tertiary/aromatic N) is 4. The highest BCUT2D eigenvalue weighted by Gasteiger charge is 2.35. The average molecular weight is 479 g/mol. The summed E-state index contributed by atoms with van der Waals surface area (Å²) in [5, 5.41) is 16.6. The van der Waals surface area contributed by atoms with Crippen LogP contribution in [0.25, 0.3) is 0 Å². The zero-order valence-electron chi connectivity index (χ0n) is 18.6. The first-order chi connectivity index (χ1) is 16.0. The average Bonchev–Trinajstić information content (AvgIpc) is 3.33. The number of aryl methyl sites for hydroxylation is 1. The fraction of sp³-hybridized carbons (Fsp3) is 0.455. The highest BCUT2D eigenvalue weighted by Crippen LogP contribution is 2.35. The first-order valence-corrected chi connectivity index (χ1v) is 10.7. The van der Waals surface area contributed by atoms with Crippen molar-refractivity contribution in [3.05, 3.63) is 35.0 Å². The summed E-state index contributed by atoms with van der Waals surface area (Å²) >= 11 is 0. The fourth-order valence-electron chi connectivity index (χ4n) is 3.70. The molecular formula is C22H24F3N5O4. The molecule has 34 heavy (non-hydrogen) atoms. The van der Waals surface area contributed by atoms with Crippen molar-refractivity contribution in [1.29, 1.82) is 0 Å². The van der Waals surface area contributed by atoms with Crippen molar-refractivity contribution in [1.82, 2.24) is 14.7 Å². The minimum atomic E-state index is -2.78. The zero-order valence-corrected chi connectivity index (χ0v) is 18.6. The Morgan fingerprint density at radius 1 is 1.32 bits per heavy atom. The second-order valence-corrected chi connectivity index (χ2v) is 8.67. The third kappa shape index (κ3) is 4.76. The number of nitrogens with one attached hydrogen (secondary N) is 1. The summed E-state index contributed by atoms with van der Waals surface area (Å²) in [6.45, 7) is 1.90. The van der Waals surface area contributed by atoms with Gasteiger partial charge in [0.25, 0.3) is 18.2 Å². The molecule has 9 nitrogen and oxygen atoms in total. The van der Waals surface area contributed by atoms with Gasteiger partial charge in [-0.25, -0.2) is 22.8 Å². The van der Waals surface area contributed by atoms with Crippen LogP contribution in [0.2, 0.25) is 0 Å². The maximum atomic E-state index is 14.4. The number of amides is 2. The molecule has 0 fully saturated rings. The second kappa shape index (κ2) is 9.09. The van der Waals surface area contributed by atoms with Crippen LogP contribution in [0.15, 0.2) is 23.3 Å². The lowest BCUT2D eigenvalue weighted by Gasteiger charge is -2.26. The Bertz CT molecular complexity index is 1140. The Morgan fingerprint density at radius 2 is 2.09 bits per heavy atom. The molecule has 2 N–H and O–H groups in total. The van der Waals surface area contributed by atoms with Crippen molar-refractivity contribution in [3.63, 3.8) is 0 Å². The first kappa shape index (κ1) is 23.7. The van der Waals surface area contributed by atoms with E-state index in [1.54, 1.807) is 10.9 Å². The fourth-order valence-corrected chi connectivity index (χ4v) is 3.70. The van der Waals surface area contributed by atoms with E-state index in [9.17, 15) is 27.9 Å². The van der Waals surface area contributed by atoms with Gasteiger partial charge in [-0.2, -0.15) is 5.10 Å². The van der Waals surface area contributed by atoms with E-state index in [4.69, 9.17) is 4.74 Å². The number of fused-ring (bicyclic) bond motifs is 2. The van der Waals surface area contributed by atoms with Crippen molar-refractivity contribution in [2.24, 2.45) is 4.99 Å². The van der Waals surface area contributed by atoms with Gasteiger partial charge in [0, 0.05) is 31.3 Å². The molecule has 0 saturated heterocycles. The number of anilines is 1. The van der Waals surface area contributed by atoms with Crippen molar-refractivity contribution in [2.45, 2.75) is 51.6 Å². The molecule has 2 aliphatic rings. The third-order valence-corrected chi connectivity index (χ3v) is 5.58. The van der Waals surface area contributed by atoms with Gasteiger partial charge in [-0.3, -0.25) is 9.59 Å². The number of rotatable bonds is 8. The summed E-state index contributed by atoms with van der Waals surface area (Å²) in [5.74, 6) is -0.843. The van der Waals surface area contributed by atoms with E-state index in [-0.39, 0.29) is 35.7 Å². The van der Waals surface area contributed by atoms with E-state index in [2.05, 4.69) is 15.4 Å². The minimum Gasteiger partial charge on any atom is -0.485 e. The SMILES string of the molecule is CC(C)(O)[C@H](F)CN1Cc2cc(NC(=O)c3cnn4c3N=CCC4)c(OCC(F)F)cc2C1=O. The Hall–Kier alpha value is -3.41. The Balaban J connectivity index is 1.61. The lowest BCUT2D eigenvalue weighted by Crippen LogP contribution is -2.42. The summed E-state index contributed by atoms with van der Waals surface area (Å²) in [4.78, 5) is 31.1. The molecule has 182 valence electrons. The van der Waals surface area contributed by atoms with Crippen LogP contribution in [0.5, 0.6) is 5.75 Å². The molecule has 12 heteroatoms. The standard InChI is InChI=1S/C22H24F3N5O4/c1-22(2,33)17(23)10-29-9-12-6-15(16(34-11-18(24)25)7-13(12)21(29)32)28-20(31)14-8-27-30-5-3-4-26-19(14)30/h4,6-8,17-18,33H,3,5,9-11H2,1-2H3,(H,28,31)/t17-/m1/s1. The molecule has 2 aliphatic heterocycles. The molecule has 1 aromatic carbocycles. The summed E-state index contributed by atoms with van der Waals surface area (Å²) in [7, 11) is 0. The molecule has 4 rings (SSSR count). The summed E-state index contributed by atoms with van der Waals surface area (Å²) < 4.78 is 46.8. The van der Waals surface area contributed by atoms with Crippen LogP contribution < -0.4 is 10.1 Å². The predicted molar refractivity (Wildman–Crippen MR) is 117 cm³/mol. The molecule has 3 heterocycles. The quantitative estimate of drug-likeness (QED) is 0.605. The topological polar surface area (TPSA) is 109 Å². The van der Waals surface area contributed by atoms with Crippen LogP contribution in [-0.4, -0.2) is 69.2 Å². The van der Waals surface area contributed by atoms with Gasteiger partial charge < -0.3 is 20.1 Å². The van der Waals surface area contributed by atoms with Gasteiger partial charge in [0.15, 0.2) is 5.82 Å². The Labute approximate surface area is 193 Å². The number of benzene rings is 1. The Morgan fingerprint density at radius 3 is 2.79 bits per heavy atom. The highest BCUT2D eigenvalue weighted by atomic mass is 19.3. The van der Waals surface area contributed by atoms with Crippen LogP contribution in [0.1, 0.15) is 46.5 Å². The van der Waals surface area contributed by atoms with Gasteiger partial charge in [0.1, 0.15) is 24.1 Å². The number of carbonyl (C=O) groups excluding carboxylic acids is 2. The Kier molecular flexibility index (Phi) is 6.34. The predicted octanol–water partition coefficient (Wildman–Crippen LogP) is 2.95. The number of hydrogen-bond acceptors (Lipinski definition) is 6. The minimum absolute atomic E-state index is 0.0239. The first-order valence-electron chi connectivity index (χ1n) is 10.7. The molecule has 2 amide bonds. The third-order valence-electron chi connectivity index (χ3n) is 5.58. The second-order valence-electron chi connectivity index (χ2n) is 8.67. The monoisotopic (exact) mass is 479 g/mol. The van der Waals surface area contributed by atoms with Crippen LogP contribution in [0.4, 0.5) is 24.7 Å². The number of aliphatic imine (C=N–C) groups is 1. The molecule has 0 radical (unpaired) electrons. The molecule has 1 aromatic heterocycles. The van der Waals surface area contributed by atoms with E-state index in [0.717, 1.165) is 0 Å². The van der Waals surface area contributed by atoms with Crippen LogP contribution in [0.3, 0.4) is 0 Å². The molecule has 0 bridgehead atoms. The number of carbonyl (C=O) groups is 2. The lowest BCUT2D eigenvalue weighted by atomic mass is 10.0. The number of hydrogen-bond donors (Lipinski definition) is 2. The molecule has 0 spiro atoms. The largest absolute Gasteiger partial charge is 0.485 e. The van der Waals surface area contributed by atoms with Crippen molar-refractivity contribution < 1.29 is 32.6 Å². The maximum Gasteiger partial charge on any atom is 0.272 e. The number of aromatic nitrogens is 2. The van der Waals surface area contributed by atoms with Gasteiger partial charge in [-0.05, 0) is 31.5 Å². The van der Waals surface area contributed by atoms with Crippen molar-refractivity contribution >= 4 is 29.5 Å². The van der Waals surface area contributed by atoms with Crippen LogP contribution in [0, 0.1) is 0 Å². The van der Waals surface area contributed by atoms with E-state index in [1.165, 1.54) is 37.1 Å². The summed E-state index contributed by atoms with van der Waals surface area (Å²) in [6, 6.07) is 2.71. The van der Waals surface area contributed by atoms with Crippen molar-refractivity contribution in [3.8, 4) is 5.75 Å². The highest BCUT2D eigenvalue weighted by molar-refractivity contribution is 6.09. The van der Waals surface area contributed by atoms with Crippen molar-refractivity contribution in [2.75, 3.05) is 18.5 Å². The van der Waals surface area contributed by atoms with Gasteiger partial charge >= 0.3 is 0 Å². The molecule has 0 aliphatic carbocycles. The zero-order chi connectivity index (χ0) is 24.6. The number of aliphatic hydroxyl groups is 1. The molecule has 1 atom stereocenters. The van der Waals surface area contributed by atoms with Gasteiger partial charge in [0.05, 0.1) is 24.0 Å². The number of alkyl halides is 3. The molecule has 2 aromatic rings. The normalized spacial score (nSPS) is 16.0. The molecular weight excluding hydrogens is 455 g/mol. The van der Waals surface area contributed by atoms with Crippen LogP contribution in [-0.2, 0) is 13.1 Å². The van der Waals surface area contributed by atoms with Gasteiger partial charge in [-0.15, -0.1) is 0 Å². The number of ether oxygens (including phenoxy) is 1. The van der Waals surface area contributed by atoms with E-state index in [0.29, 0.717) is 24.3 Å². The lowest BCUT2D eigenvalue weighted by molar-refractivity contribution is -0.0159. The van der Waals surface area contributed by atoms with E-state index in [1.807, 2.05) is 0 Å². The number of halogens is 3. The van der Waals surface area contributed by atoms with Gasteiger partial charge in [0.2, 0.25) is 0 Å². The van der Waals surface area contributed by atoms with E-state index < -0.39 is 36.6 Å².